The van der Waals surface area contributed by atoms with E-state index in [2.05, 4.69) is 9.93 Å². The molecule has 2 rings (SSSR count). The molecule has 0 saturated heterocycles. The standard InChI is InChI=1S/C19H24N2O4S/c1-4-25-18-11-13-19(14-12-18)26(22,23)21-20-15(2)5-6-16-7-9-17(24-3)10-8-16/h7-14,21H,4-6H2,1-3H3/b20-15-. The van der Waals surface area contributed by atoms with Crippen LogP contribution in [0.3, 0.4) is 0 Å². The smallest absolute Gasteiger partial charge is 0.276 e. The van der Waals surface area contributed by atoms with Gasteiger partial charge in [0.1, 0.15) is 11.5 Å². The van der Waals surface area contributed by atoms with Gasteiger partial charge in [-0.1, -0.05) is 12.1 Å². The maximum absolute atomic E-state index is 12.3. The topological polar surface area (TPSA) is 77.0 Å². The van der Waals surface area contributed by atoms with Crippen LogP contribution in [0.25, 0.3) is 0 Å². The second kappa shape index (κ2) is 9.24. The highest BCUT2D eigenvalue weighted by Gasteiger charge is 2.13. The lowest BCUT2D eigenvalue weighted by Crippen LogP contribution is -2.19. The molecule has 1 N–H and O–H groups in total. The summed E-state index contributed by atoms with van der Waals surface area (Å²) in [6.45, 7) is 4.20. The zero-order valence-electron chi connectivity index (χ0n) is 15.2. The maximum Gasteiger partial charge on any atom is 0.276 e. The van der Waals surface area contributed by atoms with Crippen LogP contribution in [0.1, 0.15) is 25.8 Å². The van der Waals surface area contributed by atoms with Gasteiger partial charge in [0.2, 0.25) is 0 Å². The first-order valence-electron chi connectivity index (χ1n) is 8.35. The Balaban J connectivity index is 1.93. The van der Waals surface area contributed by atoms with Crippen LogP contribution in [0.2, 0.25) is 0 Å². The van der Waals surface area contributed by atoms with E-state index in [1.807, 2.05) is 31.2 Å². The number of ether oxygens (including phenoxy) is 2. The highest BCUT2D eigenvalue weighted by Crippen LogP contribution is 2.16. The molecular formula is C19H24N2O4S. The van der Waals surface area contributed by atoms with Crippen molar-refractivity contribution in [1.82, 2.24) is 4.83 Å². The predicted molar refractivity (Wildman–Crippen MR) is 102 cm³/mol. The number of hydrogen-bond acceptors (Lipinski definition) is 5. The van der Waals surface area contributed by atoms with Gasteiger partial charge in [-0.2, -0.15) is 13.5 Å². The molecule has 0 fully saturated rings. The molecule has 0 heterocycles. The monoisotopic (exact) mass is 376 g/mol. The van der Waals surface area contributed by atoms with E-state index in [1.165, 1.54) is 12.1 Å². The molecule has 7 heteroatoms. The van der Waals surface area contributed by atoms with Crippen molar-refractivity contribution in [2.24, 2.45) is 5.10 Å². The van der Waals surface area contributed by atoms with Crippen molar-refractivity contribution in [2.75, 3.05) is 13.7 Å². The fourth-order valence-corrected chi connectivity index (χ4v) is 3.12. The number of sulfonamides is 1. The van der Waals surface area contributed by atoms with Crippen LogP contribution in [0.15, 0.2) is 58.5 Å². The van der Waals surface area contributed by atoms with Crippen molar-refractivity contribution in [3.8, 4) is 11.5 Å². The van der Waals surface area contributed by atoms with E-state index in [-0.39, 0.29) is 4.90 Å². The Kier molecular flexibility index (Phi) is 7.03. The molecule has 0 unspecified atom stereocenters. The van der Waals surface area contributed by atoms with Crippen LogP contribution < -0.4 is 14.3 Å². The van der Waals surface area contributed by atoms with E-state index in [9.17, 15) is 8.42 Å². The normalized spacial score (nSPS) is 11.9. The summed E-state index contributed by atoms with van der Waals surface area (Å²) in [7, 11) is -2.06. The quantitative estimate of drug-likeness (QED) is 0.538. The number of nitrogens with zero attached hydrogens (tertiary/aromatic N) is 1. The fraction of sp³-hybridized carbons (Fsp3) is 0.316. The van der Waals surface area contributed by atoms with Crippen molar-refractivity contribution in [1.29, 1.82) is 0 Å². The predicted octanol–water partition coefficient (Wildman–Crippen LogP) is 3.38. The number of hydrazone groups is 1. The summed E-state index contributed by atoms with van der Waals surface area (Å²) in [6, 6.07) is 14.0. The summed E-state index contributed by atoms with van der Waals surface area (Å²) in [5, 5.41) is 4.00. The van der Waals surface area contributed by atoms with E-state index in [0.717, 1.165) is 17.7 Å². The lowest BCUT2D eigenvalue weighted by Gasteiger charge is -2.07. The number of hydrogen-bond donors (Lipinski definition) is 1. The second-order valence-electron chi connectivity index (χ2n) is 5.69. The zero-order chi connectivity index (χ0) is 19.0. The molecule has 26 heavy (non-hydrogen) atoms. The molecule has 0 aliphatic heterocycles. The van der Waals surface area contributed by atoms with Crippen molar-refractivity contribution < 1.29 is 17.9 Å². The highest BCUT2D eigenvalue weighted by molar-refractivity contribution is 7.89. The van der Waals surface area contributed by atoms with E-state index >= 15 is 0 Å². The largest absolute Gasteiger partial charge is 0.497 e. The summed E-state index contributed by atoms with van der Waals surface area (Å²) in [5.41, 5.74) is 1.84. The van der Waals surface area contributed by atoms with Crippen LogP contribution in [0.5, 0.6) is 11.5 Å². The molecule has 0 aromatic heterocycles. The third-order valence-corrected chi connectivity index (χ3v) is 4.96. The minimum Gasteiger partial charge on any atom is -0.497 e. The van der Waals surface area contributed by atoms with Crippen molar-refractivity contribution in [2.45, 2.75) is 31.6 Å². The summed E-state index contributed by atoms with van der Waals surface area (Å²) in [5.74, 6) is 1.44. The van der Waals surface area contributed by atoms with Crippen LogP contribution in [0, 0.1) is 0 Å². The van der Waals surface area contributed by atoms with Gasteiger partial charge >= 0.3 is 0 Å². The van der Waals surface area contributed by atoms with Crippen molar-refractivity contribution >= 4 is 15.7 Å². The molecule has 0 bridgehead atoms. The summed E-state index contributed by atoms with van der Waals surface area (Å²) in [4.78, 5) is 2.43. The lowest BCUT2D eigenvalue weighted by atomic mass is 10.1. The van der Waals surface area contributed by atoms with E-state index in [4.69, 9.17) is 9.47 Å². The maximum atomic E-state index is 12.3. The molecule has 2 aromatic rings. The minimum absolute atomic E-state index is 0.146. The number of methoxy groups -OCH3 is 1. The SMILES string of the molecule is CCOc1ccc(S(=O)(=O)N/N=C(/C)CCc2ccc(OC)cc2)cc1. The van der Waals surface area contributed by atoms with Gasteiger partial charge in [-0.15, -0.1) is 0 Å². The molecule has 0 spiro atoms. The molecule has 0 saturated carbocycles. The summed E-state index contributed by atoms with van der Waals surface area (Å²) >= 11 is 0. The Labute approximate surface area is 154 Å². The van der Waals surface area contributed by atoms with Gasteiger partial charge in [-0.25, -0.2) is 4.83 Å². The molecule has 140 valence electrons. The number of aryl methyl sites for hydroxylation is 1. The first kappa shape index (κ1) is 19.8. The van der Waals surface area contributed by atoms with Gasteiger partial charge in [0, 0.05) is 5.71 Å². The first-order valence-corrected chi connectivity index (χ1v) is 9.83. The van der Waals surface area contributed by atoms with Crippen LogP contribution in [-0.2, 0) is 16.4 Å². The third-order valence-electron chi connectivity index (χ3n) is 3.74. The Morgan fingerprint density at radius 1 is 1.04 bits per heavy atom. The molecular weight excluding hydrogens is 352 g/mol. The Bertz CT molecular complexity index is 829. The molecule has 0 atom stereocenters. The Hall–Kier alpha value is -2.54. The number of benzene rings is 2. The number of rotatable bonds is 9. The minimum atomic E-state index is -3.69. The van der Waals surface area contributed by atoms with E-state index in [0.29, 0.717) is 24.5 Å². The van der Waals surface area contributed by atoms with Crippen molar-refractivity contribution in [3.63, 3.8) is 0 Å². The van der Waals surface area contributed by atoms with Crippen LogP contribution in [0.4, 0.5) is 0 Å². The van der Waals surface area contributed by atoms with Gasteiger partial charge in [0.25, 0.3) is 10.0 Å². The summed E-state index contributed by atoms with van der Waals surface area (Å²) in [6.07, 6.45) is 1.42. The third kappa shape index (κ3) is 5.77. The molecule has 0 amide bonds. The zero-order valence-corrected chi connectivity index (χ0v) is 16.0. The first-order chi connectivity index (χ1) is 12.4. The van der Waals surface area contributed by atoms with Crippen LogP contribution >= 0.6 is 0 Å². The van der Waals surface area contributed by atoms with Crippen LogP contribution in [-0.4, -0.2) is 27.8 Å². The van der Waals surface area contributed by atoms with Gasteiger partial charge in [-0.3, -0.25) is 0 Å². The van der Waals surface area contributed by atoms with Crippen molar-refractivity contribution in [3.05, 3.63) is 54.1 Å². The second-order valence-corrected chi connectivity index (χ2v) is 7.36. The molecule has 0 radical (unpaired) electrons. The van der Waals surface area contributed by atoms with E-state index < -0.39 is 10.0 Å². The van der Waals surface area contributed by atoms with Gasteiger partial charge < -0.3 is 9.47 Å². The average Bonchev–Trinajstić information content (AvgIpc) is 2.66. The van der Waals surface area contributed by atoms with Gasteiger partial charge in [0.15, 0.2) is 0 Å². The Morgan fingerprint density at radius 2 is 1.65 bits per heavy atom. The van der Waals surface area contributed by atoms with Gasteiger partial charge in [0.05, 0.1) is 18.6 Å². The highest BCUT2D eigenvalue weighted by atomic mass is 32.2. The molecule has 2 aromatic carbocycles. The number of nitrogens with one attached hydrogen (secondary N) is 1. The van der Waals surface area contributed by atoms with E-state index in [1.54, 1.807) is 26.2 Å². The molecule has 0 aliphatic carbocycles. The Morgan fingerprint density at radius 3 is 2.23 bits per heavy atom. The lowest BCUT2D eigenvalue weighted by molar-refractivity contribution is 0.340. The average molecular weight is 376 g/mol. The molecule has 6 nitrogen and oxygen atoms in total. The fourth-order valence-electron chi connectivity index (χ4n) is 2.25. The molecule has 0 aliphatic rings. The van der Waals surface area contributed by atoms with Gasteiger partial charge in [-0.05, 0) is 68.7 Å². The summed E-state index contributed by atoms with van der Waals surface area (Å²) < 4.78 is 35.0.